The van der Waals surface area contributed by atoms with Crippen LogP contribution in [0.4, 0.5) is 38.9 Å². The molecule has 300 valence electrons. The van der Waals surface area contributed by atoms with Gasteiger partial charge in [0.25, 0.3) is 40.5 Å². The molecule has 2 amide bonds. The Morgan fingerprint density at radius 1 is 0.458 bits per heavy atom. The molecule has 0 fully saturated rings. The number of hydrogen-bond donors (Lipinski definition) is 6. The number of nitrogens with one attached hydrogen (secondary N) is 2. The van der Waals surface area contributed by atoms with Crippen LogP contribution in [0.15, 0.2) is 137 Å². The van der Waals surface area contributed by atoms with Crippen molar-refractivity contribution in [3.05, 3.63) is 108 Å². The topological polar surface area (TPSA) is 308 Å². The van der Waals surface area contributed by atoms with Gasteiger partial charge in [0.15, 0.2) is 0 Å². The first-order valence-electron chi connectivity index (χ1n) is 16.2. The average molecular weight is 892 g/mol. The number of benzene rings is 6. The third kappa shape index (κ3) is 10.4. The van der Waals surface area contributed by atoms with E-state index in [9.17, 15) is 56.7 Å². The van der Waals surface area contributed by atoms with Crippen LogP contribution in [0.1, 0.15) is 11.1 Å². The van der Waals surface area contributed by atoms with Gasteiger partial charge in [-0.05, 0) is 97.8 Å². The molecule has 19 nitrogen and oxygen atoms in total. The third-order valence-electron chi connectivity index (χ3n) is 8.37. The molecule has 0 aliphatic carbocycles. The Labute approximate surface area is 358 Å². The number of fused-ring (bicyclic) bond motifs is 2. The zero-order valence-electron chi connectivity index (χ0n) is 30.6. The molecule has 6 rings (SSSR count). The number of amides is 2. The van der Waals surface area contributed by atoms with Crippen molar-refractivity contribution in [3.63, 3.8) is 0 Å². The van der Waals surface area contributed by atoms with Crippen molar-refractivity contribution in [1.82, 2.24) is 0 Å². The van der Waals surface area contributed by atoms with Gasteiger partial charge in [0, 0.05) is 32.9 Å². The number of urea groups is 1. The van der Waals surface area contributed by atoms with Crippen LogP contribution in [0.2, 0.25) is 0 Å². The summed E-state index contributed by atoms with van der Waals surface area (Å²) in [4.78, 5) is 10.3. The Morgan fingerprint density at radius 3 is 1.14 bits per heavy atom. The van der Waals surface area contributed by atoms with Crippen LogP contribution < -0.4 is 40.2 Å². The quantitative estimate of drug-likeness (QED) is 0.0595. The van der Waals surface area contributed by atoms with Gasteiger partial charge in [-0.25, -0.2) is 4.79 Å². The normalized spacial score (nSPS) is 12.6. The molecule has 0 saturated carbocycles. The Hall–Kier alpha value is -5.05. The summed E-state index contributed by atoms with van der Waals surface area (Å²) in [7, 11) is -19.3. The van der Waals surface area contributed by atoms with Crippen molar-refractivity contribution in [2.75, 3.05) is 10.6 Å². The Bertz CT molecular complexity index is 3020. The van der Waals surface area contributed by atoms with E-state index in [1.807, 2.05) is 0 Å². The van der Waals surface area contributed by atoms with Crippen molar-refractivity contribution >= 4 is 102 Å². The molecule has 6 aromatic rings. The molecule has 0 aromatic heterocycles. The molecule has 0 aliphatic heterocycles. The minimum absolute atomic E-state index is 0. The van der Waals surface area contributed by atoms with Crippen LogP contribution in [-0.4, -0.2) is 57.9 Å². The average Bonchev–Trinajstić information content (AvgIpc) is 3.11. The molecule has 0 heterocycles. The molecule has 6 N–H and O–H groups in total. The summed E-state index contributed by atoms with van der Waals surface area (Å²) >= 11 is 0. The van der Waals surface area contributed by atoms with Crippen LogP contribution in [0.3, 0.4) is 0 Å². The standard InChI is InChI=1S/C35H28N6O13S4.Na/c1-19-13-21(9-11-29(19)40-38-23-15-27-25(33(17-23)57(49,50)51)5-3-7-31(27)55(43,44)45)36-35(42)37-22-10-12-30(20(2)14-22)41-39-24-16-28-26(34(18-24)58(52,53)54)6-4-8-32(28)56(46,47)48;/h3-18H,1-2H3,(H2,36,37,42)(H,43,44,45)(H,46,47,48)(H,49,50,51)(H,52,53,54);/q;+1. The van der Waals surface area contributed by atoms with Gasteiger partial charge in [0.05, 0.1) is 22.7 Å². The first kappa shape index (κ1) is 45.0. The van der Waals surface area contributed by atoms with E-state index in [0.29, 0.717) is 22.5 Å². The molecular weight excluding hydrogens is 864 g/mol. The van der Waals surface area contributed by atoms with E-state index in [-0.39, 0.29) is 73.9 Å². The number of hydrogen-bond acceptors (Lipinski definition) is 13. The maximum atomic E-state index is 12.9. The van der Waals surface area contributed by atoms with Crippen LogP contribution in [0.25, 0.3) is 21.5 Å². The van der Waals surface area contributed by atoms with Crippen molar-refractivity contribution in [3.8, 4) is 0 Å². The maximum absolute atomic E-state index is 12.9. The second kappa shape index (κ2) is 16.9. The van der Waals surface area contributed by atoms with Gasteiger partial charge in [-0.15, -0.1) is 0 Å². The second-order valence-electron chi connectivity index (χ2n) is 12.5. The monoisotopic (exact) mass is 891 g/mol. The van der Waals surface area contributed by atoms with Gasteiger partial charge in [-0.3, -0.25) is 18.2 Å². The predicted octanol–water partition coefficient (Wildman–Crippen LogP) is 5.08. The van der Waals surface area contributed by atoms with Gasteiger partial charge < -0.3 is 10.6 Å². The smallest absolute Gasteiger partial charge is 0.308 e. The number of carbonyl (C=O) groups excluding carboxylic acids is 1. The molecule has 6 aromatic carbocycles. The third-order valence-corrected chi connectivity index (χ3v) is 12.0. The van der Waals surface area contributed by atoms with E-state index in [4.69, 9.17) is 0 Å². The molecule has 0 radical (unpaired) electrons. The molecule has 24 heteroatoms. The predicted molar refractivity (Wildman–Crippen MR) is 211 cm³/mol. The van der Waals surface area contributed by atoms with Crippen LogP contribution >= 0.6 is 0 Å². The van der Waals surface area contributed by atoms with Gasteiger partial charge in [0.1, 0.15) is 19.6 Å². The van der Waals surface area contributed by atoms with Gasteiger partial charge in [-0.1, -0.05) is 24.3 Å². The van der Waals surface area contributed by atoms with Crippen molar-refractivity contribution in [2.45, 2.75) is 33.4 Å². The van der Waals surface area contributed by atoms with Crippen molar-refractivity contribution in [2.24, 2.45) is 20.5 Å². The fourth-order valence-corrected chi connectivity index (χ4v) is 8.66. The summed E-state index contributed by atoms with van der Waals surface area (Å²) in [5.41, 5.74) is 1.93. The summed E-state index contributed by atoms with van der Waals surface area (Å²) < 4.78 is 135. The Balaban J connectivity index is 0.00000661. The summed E-state index contributed by atoms with van der Waals surface area (Å²) in [6.45, 7) is 3.28. The minimum Gasteiger partial charge on any atom is -0.308 e. The van der Waals surface area contributed by atoms with E-state index >= 15 is 0 Å². The van der Waals surface area contributed by atoms with Crippen LogP contribution in [-0.2, 0) is 40.5 Å². The summed E-state index contributed by atoms with van der Waals surface area (Å²) in [5.74, 6) is 0. The fraction of sp³-hybridized carbons (Fsp3) is 0.0571. The first-order chi connectivity index (χ1) is 27.0. The van der Waals surface area contributed by atoms with Crippen molar-refractivity contribution in [1.29, 1.82) is 0 Å². The van der Waals surface area contributed by atoms with E-state index in [1.54, 1.807) is 26.0 Å². The SMILES string of the molecule is Cc1cc(NC(=O)Nc2ccc(N=Nc3cc(S(=O)(=O)O)c4cccc(S(=O)(=O)O)c4c3)c(C)c2)ccc1N=Nc1cc(S(=O)(=O)O)c2cccc(S(=O)(=O)O)c2c1.[Na+]. The zero-order valence-corrected chi connectivity index (χ0v) is 35.9. The summed E-state index contributed by atoms with van der Waals surface area (Å²) in [5, 5.41) is 20.7. The Kier molecular flexibility index (Phi) is 12.9. The van der Waals surface area contributed by atoms with Crippen LogP contribution in [0.5, 0.6) is 0 Å². The van der Waals surface area contributed by atoms with Gasteiger partial charge in [0.2, 0.25) is 0 Å². The second-order valence-corrected chi connectivity index (χ2v) is 18.0. The van der Waals surface area contributed by atoms with Gasteiger partial charge >= 0.3 is 35.6 Å². The minimum atomic E-state index is -4.86. The van der Waals surface area contributed by atoms with E-state index in [0.717, 1.165) is 24.3 Å². The summed E-state index contributed by atoms with van der Waals surface area (Å²) in [6, 6.07) is 19.8. The molecule has 0 saturated heterocycles. The number of anilines is 2. The molecule has 0 atom stereocenters. The van der Waals surface area contributed by atoms with Gasteiger partial charge in [-0.2, -0.15) is 54.1 Å². The summed E-state index contributed by atoms with van der Waals surface area (Å²) in [6.07, 6.45) is 0. The first-order valence-corrected chi connectivity index (χ1v) is 21.9. The number of nitrogens with zero attached hydrogens (tertiary/aromatic N) is 4. The molecule has 59 heavy (non-hydrogen) atoms. The maximum Gasteiger partial charge on any atom is 1.00 e. The van der Waals surface area contributed by atoms with E-state index < -0.39 is 66.1 Å². The zero-order chi connectivity index (χ0) is 42.4. The fourth-order valence-electron chi connectivity index (χ4n) is 5.82. The van der Waals surface area contributed by atoms with Crippen molar-refractivity contribution < 1.29 is 86.2 Å². The number of rotatable bonds is 10. The molecular formula is C35H28N6NaO13S4+. The molecule has 0 aliphatic rings. The number of aryl methyl sites for hydroxylation is 2. The van der Waals surface area contributed by atoms with E-state index in [2.05, 4.69) is 31.1 Å². The van der Waals surface area contributed by atoms with Crippen LogP contribution in [0, 0.1) is 13.8 Å². The number of carbonyl (C=O) groups is 1. The number of azo groups is 2. The molecule has 0 bridgehead atoms. The largest absolute Gasteiger partial charge is 1.00 e. The Morgan fingerprint density at radius 2 is 0.814 bits per heavy atom. The molecule has 0 spiro atoms. The molecule has 0 unspecified atom stereocenters. The van der Waals surface area contributed by atoms with E-state index in [1.165, 1.54) is 60.7 Å².